The lowest BCUT2D eigenvalue weighted by Gasteiger charge is -2.16. The number of hydrogen-bond donors (Lipinski definition) is 0. The number of ether oxygens (including phenoxy) is 3. The van der Waals surface area contributed by atoms with Crippen LogP contribution < -0.4 is 19.1 Å². The lowest BCUT2D eigenvalue weighted by molar-refractivity contribution is -0.117. The Morgan fingerprint density at radius 2 is 1.87 bits per heavy atom. The molecule has 4 rings (SSSR count). The molecule has 0 bridgehead atoms. The van der Waals surface area contributed by atoms with Crippen LogP contribution in [0.2, 0.25) is 0 Å². The molecule has 1 atom stereocenters. The molecule has 0 spiro atoms. The molecule has 156 valence electrons. The van der Waals surface area contributed by atoms with Gasteiger partial charge in [-0.05, 0) is 49.4 Å². The summed E-state index contributed by atoms with van der Waals surface area (Å²) in [5.74, 6) is 2.76. The van der Waals surface area contributed by atoms with E-state index in [9.17, 15) is 4.79 Å². The first-order valence-electron chi connectivity index (χ1n) is 9.72. The van der Waals surface area contributed by atoms with E-state index in [0.29, 0.717) is 42.8 Å². The molecule has 2 aromatic carbocycles. The first-order valence-corrected chi connectivity index (χ1v) is 9.72. The van der Waals surface area contributed by atoms with Crippen LogP contribution >= 0.6 is 0 Å². The third-order valence-corrected chi connectivity index (χ3v) is 5.02. The van der Waals surface area contributed by atoms with Crippen molar-refractivity contribution in [3.63, 3.8) is 0 Å². The summed E-state index contributed by atoms with van der Waals surface area (Å²) in [6.45, 7) is 3.03. The van der Waals surface area contributed by atoms with Gasteiger partial charge in [-0.1, -0.05) is 5.16 Å². The van der Waals surface area contributed by atoms with Crippen molar-refractivity contribution < 1.29 is 23.5 Å². The zero-order valence-electron chi connectivity index (χ0n) is 17.1. The molecule has 0 saturated carbocycles. The van der Waals surface area contributed by atoms with E-state index in [0.717, 1.165) is 17.0 Å². The lowest BCUT2D eigenvalue weighted by atomic mass is 10.1. The summed E-state index contributed by atoms with van der Waals surface area (Å²) in [5.41, 5.74) is 1.55. The molecule has 1 aliphatic heterocycles. The summed E-state index contributed by atoms with van der Waals surface area (Å²) >= 11 is 0. The number of carbonyl (C=O) groups excluding carboxylic acids is 1. The Labute approximate surface area is 174 Å². The van der Waals surface area contributed by atoms with Crippen LogP contribution in [-0.4, -0.2) is 43.4 Å². The van der Waals surface area contributed by atoms with E-state index in [1.807, 2.05) is 37.3 Å². The minimum Gasteiger partial charge on any atom is -0.494 e. The molecule has 3 aromatic rings. The van der Waals surface area contributed by atoms with Gasteiger partial charge < -0.3 is 23.6 Å². The maximum Gasteiger partial charge on any atom is 0.258 e. The number of nitrogens with zero attached hydrogens (tertiary/aromatic N) is 3. The molecule has 1 unspecified atom stereocenters. The van der Waals surface area contributed by atoms with Crippen molar-refractivity contribution in [2.75, 3.05) is 32.3 Å². The van der Waals surface area contributed by atoms with Gasteiger partial charge in [0, 0.05) is 30.1 Å². The lowest BCUT2D eigenvalue weighted by Crippen LogP contribution is -2.24. The summed E-state index contributed by atoms with van der Waals surface area (Å²) in [6.07, 6.45) is 0.331. The number of methoxy groups -OCH3 is 2. The quantitative estimate of drug-likeness (QED) is 0.588. The average molecular weight is 409 g/mol. The van der Waals surface area contributed by atoms with Crippen LogP contribution in [0.25, 0.3) is 11.5 Å². The second kappa shape index (κ2) is 8.44. The maximum absolute atomic E-state index is 12.6. The van der Waals surface area contributed by atoms with Crippen LogP contribution in [0, 0.1) is 0 Å². The average Bonchev–Trinajstić information content (AvgIpc) is 3.41. The minimum atomic E-state index is -0.137. The van der Waals surface area contributed by atoms with E-state index in [4.69, 9.17) is 18.7 Å². The van der Waals surface area contributed by atoms with Gasteiger partial charge >= 0.3 is 0 Å². The van der Waals surface area contributed by atoms with Gasteiger partial charge in [-0.15, -0.1) is 0 Å². The molecular weight excluding hydrogens is 386 g/mol. The van der Waals surface area contributed by atoms with Crippen molar-refractivity contribution in [3.8, 4) is 28.7 Å². The SMILES string of the molecule is CCOc1ccc(N2CC(c3noc(-c4ccc(OC)c(OC)c4)n3)CC2=O)cc1. The molecular formula is C22H23N3O5. The van der Waals surface area contributed by atoms with Gasteiger partial charge in [-0.25, -0.2) is 0 Å². The third-order valence-electron chi connectivity index (χ3n) is 5.02. The summed E-state index contributed by atoms with van der Waals surface area (Å²) in [6, 6.07) is 12.9. The summed E-state index contributed by atoms with van der Waals surface area (Å²) in [5, 5.41) is 4.12. The second-order valence-electron chi connectivity index (χ2n) is 6.86. The van der Waals surface area contributed by atoms with Crippen molar-refractivity contribution >= 4 is 11.6 Å². The Hall–Kier alpha value is -3.55. The number of aromatic nitrogens is 2. The van der Waals surface area contributed by atoms with E-state index in [1.54, 1.807) is 31.3 Å². The number of amides is 1. The van der Waals surface area contributed by atoms with Crippen LogP contribution in [0.15, 0.2) is 47.0 Å². The van der Waals surface area contributed by atoms with Crippen LogP contribution in [-0.2, 0) is 4.79 Å². The van der Waals surface area contributed by atoms with E-state index in [2.05, 4.69) is 10.1 Å². The largest absolute Gasteiger partial charge is 0.494 e. The summed E-state index contributed by atoms with van der Waals surface area (Å²) in [7, 11) is 3.15. The smallest absolute Gasteiger partial charge is 0.258 e. The number of hydrogen-bond acceptors (Lipinski definition) is 7. The zero-order valence-corrected chi connectivity index (χ0v) is 17.1. The monoisotopic (exact) mass is 409 g/mol. The molecule has 1 aliphatic rings. The van der Waals surface area contributed by atoms with Crippen molar-refractivity contribution in [2.24, 2.45) is 0 Å². The molecule has 1 saturated heterocycles. The van der Waals surface area contributed by atoms with Crippen LogP contribution in [0.1, 0.15) is 25.1 Å². The highest BCUT2D eigenvalue weighted by Gasteiger charge is 2.34. The standard InChI is InChI=1S/C22H23N3O5/c1-4-29-17-8-6-16(7-9-17)25-13-15(12-20(25)26)21-23-22(30-24-21)14-5-10-18(27-2)19(11-14)28-3/h5-11,15H,4,12-13H2,1-3H3. The first kappa shape index (κ1) is 19.8. The Balaban J connectivity index is 1.51. The number of rotatable bonds is 7. The van der Waals surface area contributed by atoms with E-state index < -0.39 is 0 Å². The summed E-state index contributed by atoms with van der Waals surface area (Å²) < 4.78 is 21.5. The molecule has 1 aromatic heterocycles. The van der Waals surface area contributed by atoms with E-state index >= 15 is 0 Å². The van der Waals surface area contributed by atoms with Gasteiger partial charge in [-0.2, -0.15) is 4.98 Å². The Bertz CT molecular complexity index is 1030. The van der Waals surface area contributed by atoms with E-state index in [1.165, 1.54) is 0 Å². The van der Waals surface area contributed by atoms with Gasteiger partial charge in [0.1, 0.15) is 5.75 Å². The van der Waals surface area contributed by atoms with Crippen molar-refractivity contribution in [1.29, 1.82) is 0 Å². The summed E-state index contributed by atoms with van der Waals surface area (Å²) in [4.78, 5) is 18.8. The molecule has 8 heteroatoms. The van der Waals surface area contributed by atoms with Gasteiger partial charge in [0.2, 0.25) is 5.91 Å². The number of anilines is 1. The fourth-order valence-corrected chi connectivity index (χ4v) is 3.51. The van der Waals surface area contributed by atoms with Crippen molar-refractivity contribution in [1.82, 2.24) is 10.1 Å². The molecule has 0 aliphatic carbocycles. The Kier molecular flexibility index (Phi) is 5.56. The maximum atomic E-state index is 12.6. The Morgan fingerprint density at radius 1 is 1.10 bits per heavy atom. The molecule has 8 nitrogen and oxygen atoms in total. The predicted molar refractivity (Wildman–Crippen MR) is 110 cm³/mol. The molecule has 0 N–H and O–H groups in total. The van der Waals surface area contributed by atoms with Gasteiger partial charge in [0.15, 0.2) is 17.3 Å². The van der Waals surface area contributed by atoms with Crippen LogP contribution in [0.4, 0.5) is 5.69 Å². The fraction of sp³-hybridized carbons (Fsp3) is 0.318. The van der Waals surface area contributed by atoms with E-state index in [-0.39, 0.29) is 11.8 Å². The van der Waals surface area contributed by atoms with Gasteiger partial charge in [0.05, 0.1) is 20.8 Å². The van der Waals surface area contributed by atoms with Crippen LogP contribution in [0.5, 0.6) is 17.2 Å². The normalized spacial score (nSPS) is 16.0. The van der Waals surface area contributed by atoms with Crippen molar-refractivity contribution in [3.05, 3.63) is 48.3 Å². The predicted octanol–water partition coefficient (Wildman–Crippen LogP) is 3.67. The number of carbonyl (C=O) groups is 1. The fourth-order valence-electron chi connectivity index (χ4n) is 3.51. The Morgan fingerprint density at radius 3 is 2.57 bits per heavy atom. The zero-order chi connectivity index (χ0) is 21.1. The highest BCUT2D eigenvalue weighted by Crippen LogP contribution is 2.34. The third kappa shape index (κ3) is 3.80. The molecule has 1 fully saturated rings. The molecule has 1 amide bonds. The van der Waals surface area contributed by atoms with Crippen LogP contribution in [0.3, 0.4) is 0 Å². The number of benzene rings is 2. The highest BCUT2D eigenvalue weighted by molar-refractivity contribution is 5.96. The first-order chi connectivity index (χ1) is 14.6. The van der Waals surface area contributed by atoms with Gasteiger partial charge in [0.25, 0.3) is 5.89 Å². The van der Waals surface area contributed by atoms with Gasteiger partial charge in [-0.3, -0.25) is 4.79 Å². The molecule has 30 heavy (non-hydrogen) atoms. The molecule has 0 radical (unpaired) electrons. The van der Waals surface area contributed by atoms with Crippen molar-refractivity contribution in [2.45, 2.75) is 19.3 Å². The second-order valence-corrected chi connectivity index (χ2v) is 6.86. The minimum absolute atomic E-state index is 0.0293. The highest BCUT2D eigenvalue weighted by atomic mass is 16.5. The topological polar surface area (TPSA) is 86.9 Å². The molecule has 2 heterocycles.